The summed E-state index contributed by atoms with van der Waals surface area (Å²) >= 11 is 0. The molecule has 12 heteroatoms. The number of anilines is 1. The van der Waals surface area contributed by atoms with Crippen LogP contribution in [0.2, 0.25) is 0 Å². The van der Waals surface area contributed by atoms with Crippen LogP contribution in [0.3, 0.4) is 0 Å². The third-order valence-corrected chi connectivity index (χ3v) is 6.72. The lowest BCUT2D eigenvalue weighted by Gasteiger charge is -2.30. The summed E-state index contributed by atoms with van der Waals surface area (Å²) in [5.74, 6) is 0.678. The highest BCUT2D eigenvalue weighted by Crippen LogP contribution is 2.25. The summed E-state index contributed by atoms with van der Waals surface area (Å²) < 4.78 is 32.5. The van der Waals surface area contributed by atoms with Crippen molar-refractivity contribution in [2.24, 2.45) is 5.92 Å². The van der Waals surface area contributed by atoms with Gasteiger partial charge in [-0.2, -0.15) is 4.31 Å². The smallest absolute Gasteiger partial charge is 0.266 e. The van der Waals surface area contributed by atoms with Crippen molar-refractivity contribution in [1.29, 1.82) is 0 Å². The molecule has 1 aromatic carbocycles. The zero-order chi connectivity index (χ0) is 21.3. The second-order valence-electron chi connectivity index (χ2n) is 7.37. The number of benzene rings is 1. The third-order valence-electron chi connectivity index (χ3n) is 4.86. The molecule has 1 fully saturated rings. The molecule has 0 radical (unpaired) electrons. The van der Waals surface area contributed by atoms with Crippen LogP contribution >= 0.6 is 0 Å². The Hall–Kier alpha value is -2.99. The number of aromatic nitrogens is 4. The van der Waals surface area contributed by atoms with Crippen LogP contribution in [0.25, 0.3) is 11.0 Å². The molecule has 1 aliphatic heterocycles. The maximum Gasteiger partial charge on any atom is 0.266 e. The molecular formula is C18H22N6O5S. The summed E-state index contributed by atoms with van der Waals surface area (Å²) in [5, 5.41) is 14.0. The molecule has 0 aliphatic carbocycles. The number of hydrogen-bond acceptors (Lipinski definition) is 8. The molecule has 3 heterocycles. The van der Waals surface area contributed by atoms with Crippen LogP contribution in [-0.2, 0) is 14.8 Å². The molecule has 1 saturated heterocycles. The van der Waals surface area contributed by atoms with E-state index in [0.29, 0.717) is 35.8 Å². The minimum Gasteiger partial charge on any atom is -0.385 e. The van der Waals surface area contributed by atoms with E-state index in [1.54, 1.807) is 19.1 Å². The fourth-order valence-electron chi connectivity index (χ4n) is 3.37. The van der Waals surface area contributed by atoms with Crippen LogP contribution in [0.5, 0.6) is 0 Å². The van der Waals surface area contributed by atoms with Crippen molar-refractivity contribution in [1.82, 2.24) is 24.6 Å². The Bertz CT molecular complexity index is 1170. The third kappa shape index (κ3) is 4.14. The van der Waals surface area contributed by atoms with Crippen molar-refractivity contribution >= 4 is 32.8 Å². The molecule has 0 bridgehead atoms. The molecule has 0 saturated carbocycles. The molecule has 11 nitrogen and oxygen atoms in total. The molecule has 160 valence electrons. The summed E-state index contributed by atoms with van der Waals surface area (Å²) in [6, 6.07) is 6.11. The van der Waals surface area contributed by atoms with Gasteiger partial charge in [-0.25, -0.2) is 8.42 Å². The number of carbonyl (C=O) groups is 1. The molecule has 3 aromatic rings. The van der Waals surface area contributed by atoms with Crippen molar-refractivity contribution < 1.29 is 22.6 Å². The van der Waals surface area contributed by atoms with Gasteiger partial charge in [0.25, 0.3) is 5.91 Å². The summed E-state index contributed by atoms with van der Waals surface area (Å²) in [5.41, 5.74) is 0.805. The number of amides is 1. The van der Waals surface area contributed by atoms with E-state index >= 15 is 0 Å². The van der Waals surface area contributed by atoms with Gasteiger partial charge in [0.05, 0.1) is 4.90 Å². The van der Waals surface area contributed by atoms with E-state index in [1.165, 1.54) is 16.4 Å². The predicted molar refractivity (Wildman–Crippen MR) is 106 cm³/mol. The average Bonchev–Trinajstić information content (AvgIpc) is 3.31. The SMILES string of the molecule is Cc1cc(NC(=O)COn2nnc3ccc(S(=O)(=O)N4CCCC(C)C4)cc32)no1. The van der Waals surface area contributed by atoms with Gasteiger partial charge in [-0.15, -0.1) is 5.10 Å². The Balaban J connectivity index is 1.50. The van der Waals surface area contributed by atoms with Gasteiger partial charge in [-0.05, 0) is 49.1 Å². The quantitative estimate of drug-likeness (QED) is 0.612. The number of nitrogens with zero attached hydrogens (tertiary/aromatic N) is 5. The Morgan fingerprint density at radius 3 is 2.93 bits per heavy atom. The number of carbonyl (C=O) groups excluding carboxylic acids is 1. The van der Waals surface area contributed by atoms with Gasteiger partial charge >= 0.3 is 0 Å². The Labute approximate surface area is 173 Å². The molecule has 1 amide bonds. The molecular weight excluding hydrogens is 412 g/mol. The molecule has 30 heavy (non-hydrogen) atoms. The Morgan fingerprint density at radius 2 is 2.20 bits per heavy atom. The van der Waals surface area contributed by atoms with E-state index in [1.807, 2.05) is 6.92 Å². The van der Waals surface area contributed by atoms with Gasteiger partial charge in [0.15, 0.2) is 12.4 Å². The van der Waals surface area contributed by atoms with Crippen LogP contribution in [0.15, 0.2) is 33.7 Å². The van der Waals surface area contributed by atoms with Crippen molar-refractivity contribution in [3.63, 3.8) is 0 Å². The van der Waals surface area contributed by atoms with Crippen molar-refractivity contribution in [3.05, 3.63) is 30.0 Å². The molecule has 1 N–H and O–H groups in total. The first-order valence-electron chi connectivity index (χ1n) is 9.55. The van der Waals surface area contributed by atoms with Crippen molar-refractivity contribution in [2.45, 2.75) is 31.6 Å². The van der Waals surface area contributed by atoms with E-state index in [2.05, 4.69) is 20.8 Å². The van der Waals surface area contributed by atoms with Crippen LogP contribution in [0, 0.1) is 12.8 Å². The van der Waals surface area contributed by atoms with Crippen LogP contribution in [-0.4, -0.2) is 58.6 Å². The first-order valence-corrected chi connectivity index (χ1v) is 11.0. The van der Waals surface area contributed by atoms with Crippen molar-refractivity contribution in [2.75, 3.05) is 25.0 Å². The average molecular weight is 434 g/mol. The molecule has 1 atom stereocenters. The molecule has 1 aliphatic rings. The largest absolute Gasteiger partial charge is 0.385 e. The zero-order valence-corrected chi connectivity index (χ0v) is 17.4. The standard InChI is InChI=1S/C18H22N6O5S/c1-12-4-3-7-23(10-12)30(26,27)14-5-6-15-16(9-14)24(22-20-15)28-11-18(25)19-17-8-13(2)29-21-17/h5-6,8-9,12H,3-4,7,10-11H2,1-2H3,(H,19,21,25). The van der Waals surface area contributed by atoms with Crippen LogP contribution < -0.4 is 10.2 Å². The lowest BCUT2D eigenvalue weighted by atomic mass is 10.0. The Kier molecular flexibility index (Phi) is 5.43. The lowest BCUT2D eigenvalue weighted by Crippen LogP contribution is -2.39. The first kappa shape index (κ1) is 20.3. The number of nitrogens with one attached hydrogen (secondary N) is 1. The van der Waals surface area contributed by atoms with E-state index in [-0.39, 0.29) is 17.3 Å². The summed E-state index contributed by atoms with van der Waals surface area (Å²) in [6.07, 6.45) is 1.86. The summed E-state index contributed by atoms with van der Waals surface area (Å²) in [6.45, 7) is 4.38. The van der Waals surface area contributed by atoms with Crippen molar-refractivity contribution in [3.8, 4) is 0 Å². The number of hydrogen-bond donors (Lipinski definition) is 1. The zero-order valence-electron chi connectivity index (χ0n) is 16.6. The maximum absolute atomic E-state index is 13.0. The number of sulfonamides is 1. The topological polar surface area (TPSA) is 132 Å². The van der Waals surface area contributed by atoms with Gasteiger partial charge in [-0.1, -0.05) is 16.9 Å². The monoisotopic (exact) mass is 434 g/mol. The van der Waals surface area contributed by atoms with Gasteiger partial charge in [0.2, 0.25) is 10.0 Å². The number of piperidine rings is 1. The van der Waals surface area contributed by atoms with E-state index in [4.69, 9.17) is 9.36 Å². The summed E-state index contributed by atoms with van der Waals surface area (Å²) in [4.78, 5) is 18.6. The van der Waals surface area contributed by atoms with Crippen LogP contribution in [0.1, 0.15) is 25.5 Å². The van der Waals surface area contributed by atoms with Gasteiger partial charge in [-0.3, -0.25) is 4.79 Å². The molecule has 0 spiro atoms. The fraction of sp³-hybridized carbons (Fsp3) is 0.444. The minimum atomic E-state index is -3.64. The lowest BCUT2D eigenvalue weighted by molar-refractivity contribution is -0.121. The van der Waals surface area contributed by atoms with Gasteiger partial charge in [0, 0.05) is 19.2 Å². The second-order valence-corrected chi connectivity index (χ2v) is 9.31. The Morgan fingerprint density at radius 1 is 1.37 bits per heavy atom. The van der Waals surface area contributed by atoms with E-state index in [9.17, 15) is 13.2 Å². The van der Waals surface area contributed by atoms with Gasteiger partial charge < -0.3 is 14.7 Å². The van der Waals surface area contributed by atoms with E-state index in [0.717, 1.165) is 17.7 Å². The van der Waals surface area contributed by atoms with E-state index < -0.39 is 15.9 Å². The minimum absolute atomic E-state index is 0.138. The number of aryl methyl sites for hydroxylation is 1. The maximum atomic E-state index is 13.0. The summed E-state index contributed by atoms with van der Waals surface area (Å²) in [7, 11) is -3.64. The highest BCUT2D eigenvalue weighted by Gasteiger charge is 2.29. The molecule has 2 aromatic heterocycles. The fourth-order valence-corrected chi connectivity index (χ4v) is 4.99. The van der Waals surface area contributed by atoms with Crippen LogP contribution in [0.4, 0.5) is 5.82 Å². The number of rotatable bonds is 6. The molecule has 4 rings (SSSR count). The molecule has 1 unspecified atom stereocenters. The first-order chi connectivity index (χ1) is 14.3. The highest BCUT2D eigenvalue weighted by molar-refractivity contribution is 7.89. The number of fused-ring (bicyclic) bond motifs is 1. The predicted octanol–water partition coefficient (Wildman–Crippen LogP) is 1.22. The van der Waals surface area contributed by atoms with Gasteiger partial charge in [0.1, 0.15) is 16.8 Å². The highest BCUT2D eigenvalue weighted by atomic mass is 32.2. The normalized spacial score (nSPS) is 17.9. The second kappa shape index (κ2) is 8.03.